The van der Waals surface area contributed by atoms with Gasteiger partial charge in [-0.2, -0.15) is 0 Å². The molecule has 1 amide bonds. The van der Waals surface area contributed by atoms with Crippen LogP contribution in [0, 0.1) is 6.92 Å². The van der Waals surface area contributed by atoms with Crippen molar-refractivity contribution in [3.63, 3.8) is 0 Å². The van der Waals surface area contributed by atoms with Gasteiger partial charge in [0.2, 0.25) is 5.91 Å². The first-order chi connectivity index (χ1) is 8.70. The number of amides is 1. The van der Waals surface area contributed by atoms with E-state index in [1.54, 1.807) is 0 Å². The van der Waals surface area contributed by atoms with E-state index in [0.717, 1.165) is 22.2 Å². The third kappa shape index (κ3) is 2.84. The molecule has 4 nitrogen and oxygen atoms in total. The highest BCUT2D eigenvalue weighted by Gasteiger charge is 2.05. The molecular weight excluding hydrogens is 226 g/mol. The summed E-state index contributed by atoms with van der Waals surface area (Å²) in [7, 11) is 0. The van der Waals surface area contributed by atoms with Crippen molar-refractivity contribution < 1.29 is 4.79 Å². The number of nitrogens with two attached hydrogens (primary N) is 1. The van der Waals surface area contributed by atoms with Gasteiger partial charge in [-0.05, 0) is 18.6 Å². The number of nitrogens with one attached hydrogen (secondary N) is 1. The molecule has 0 aliphatic rings. The van der Waals surface area contributed by atoms with Crippen LogP contribution in [0.3, 0.4) is 0 Å². The predicted molar refractivity (Wildman–Crippen MR) is 72.2 cm³/mol. The van der Waals surface area contributed by atoms with Crippen LogP contribution in [0.15, 0.2) is 30.3 Å². The lowest BCUT2D eigenvalue weighted by Crippen LogP contribution is -2.30. The van der Waals surface area contributed by atoms with Crippen molar-refractivity contribution in [1.29, 1.82) is 0 Å². The van der Waals surface area contributed by atoms with E-state index in [1.165, 1.54) is 0 Å². The lowest BCUT2D eigenvalue weighted by atomic mass is 10.1. The predicted octanol–water partition coefficient (Wildman–Crippen LogP) is 1.16. The van der Waals surface area contributed by atoms with Gasteiger partial charge in [-0.1, -0.05) is 24.3 Å². The van der Waals surface area contributed by atoms with Crippen LogP contribution in [0.4, 0.5) is 0 Å². The van der Waals surface area contributed by atoms with Crippen LogP contribution in [-0.4, -0.2) is 24.0 Å². The summed E-state index contributed by atoms with van der Waals surface area (Å²) in [6.45, 7) is 2.98. The van der Waals surface area contributed by atoms with E-state index in [0.29, 0.717) is 19.5 Å². The SMILES string of the molecule is Cc1cccc2ccc(CC(=O)NCCN)nc12. The van der Waals surface area contributed by atoms with Crippen LogP contribution in [0.2, 0.25) is 0 Å². The number of para-hydroxylation sites is 1. The normalized spacial score (nSPS) is 10.6. The van der Waals surface area contributed by atoms with Crippen LogP contribution >= 0.6 is 0 Å². The molecule has 0 unspecified atom stereocenters. The van der Waals surface area contributed by atoms with Gasteiger partial charge >= 0.3 is 0 Å². The number of hydrogen-bond donors (Lipinski definition) is 2. The Morgan fingerprint density at radius 2 is 2.17 bits per heavy atom. The maximum atomic E-state index is 11.6. The van der Waals surface area contributed by atoms with Crippen molar-refractivity contribution in [2.75, 3.05) is 13.1 Å². The van der Waals surface area contributed by atoms with E-state index in [-0.39, 0.29) is 5.91 Å². The summed E-state index contributed by atoms with van der Waals surface area (Å²) in [6.07, 6.45) is 0.296. The Morgan fingerprint density at radius 3 is 2.94 bits per heavy atom. The number of aryl methyl sites for hydroxylation is 1. The third-order valence-electron chi connectivity index (χ3n) is 2.79. The molecule has 0 fully saturated rings. The number of aromatic nitrogens is 1. The fourth-order valence-electron chi connectivity index (χ4n) is 1.87. The van der Waals surface area contributed by atoms with Crippen LogP contribution in [0.25, 0.3) is 10.9 Å². The highest BCUT2D eigenvalue weighted by atomic mass is 16.1. The second-order valence-electron chi connectivity index (χ2n) is 4.26. The molecule has 2 aromatic rings. The van der Waals surface area contributed by atoms with E-state index in [9.17, 15) is 4.79 Å². The average molecular weight is 243 g/mol. The first-order valence-corrected chi connectivity index (χ1v) is 6.02. The highest BCUT2D eigenvalue weighted by Crippen LogP contribution is 2.16. The average Bonchev–Trinajstić information content (AvgIpc) is 2.37. The summed E-state index contributed by atoms with van der Waals surface area (Å²) in [4.78, 5) is 16.1. The van der Waals surface area contributed by atoms with Crippen LogP contribution in [0.5, 0.6) is 0 Å². The number of carbonyl (C=O) groups excluding carboxylic acids is 1. The fraction of sp³-hybridized carbons (Fsp3) is 0.286. The molecule has 0 radical (unpaired) electrons. The Morgan fingerprint density at radius 1 is 1.33 bits per heavy atom. The number of rotatable bonds is 4. The van der Waals surface area contributed by atoms with Gasteiger partial charge in [0.25, 0.3) is 0 Å². The Hall–Kier alpha value is -1.94. The monoisotopic (exact) mass is 243 g/mol. The quantitative estimate of drug-likeness (QED) is 0.846. The lowest BCUT2D eigenvalue weighted by Gasteiger charge is -2.06. The zero-order chi connectivity index (χ0) is 13.0. The highest BCUT2D eigenvalue weighted by molar-refractivity contribution is 5.83. The molecule has 0 bridgehead atoms. The second-order valence-corrected chi connectivity index (χ2v) is 4.26. The summed E-state index contributed by atoms with van der Waals surface area (Å²) >= 11 is 0. The van der Waals surface area contributed by atoms with E-state index in [1.807, 2.05) is 37.3 Å². The molecule has 1 heterocycles. The minimum atomic E-state index is -0.0408. The summed E-state index contributed by atoms with van der Waals surface area (Å²) in [6, 6.07) is 9.94. The summed E-state index contributed by atoms with van der Waals surface area (Å²) in [5.74, 6) is -0.0408. The molecule has 18 heavy (non-hydrogen) atoms. The first-order valence-electron chi connectivity index (χ1n) is 6.02. The fourth-order valence-corrected chi connectivity index (χ4v) is 1.87. The molecule has 1 aromatic heterocycles. The van der Waals surface area contributed by atoms with Crippen molar-refractivity contribution in [3.8, 4) is 0 Å². The Bertz CT molecular complexity index is 566. The van der Waals surface area contributed by atoms with Crippen molar-refractivity contribution in [2.24, 2.45) is 5.73 Å². The lowest BCUT2D eigenvalue weighted by molar-refractivity contribution is -0.120. The van der Waals surface area contributed by atoms with Gasteiger partial charge in [0.15, 0.2) is 0 Å². The van der Waals surface area contributed by atoms with Gasteiger partial charge in [0.05, 0.1) is 17.6 Å². The molecule has 0 atom stereocenters. The molecule has 94 valence electrons. The molecule has 0 saturated carbocycles. The smallest absolute Gasteiger partial charge is 0.226 e. The number of benzene rings is 1. The van der Waals surface area contributed by atoms with Crippen LogP contribution in [0.1, 0.15) is 11.3 Å². The number of pyridine rings is 1. The molecular formula is C14H17N3O. The molecule has 0 aliphatic heterocycles. The molecule has 2 rings (SSSR count). The minimum absolute atomic E-state index is 0.0408. The van der Waals surface area contributed by atoms with E-state index >= 15 is 0 Å². The van der Waals surface area contributed by atoms with E-state index < -0.39 is 0 Å². The van der Waals surface area contributed by atoms with Crippen molar-refractivity contribution in [1.82, 2.24) is 10.3 Å². The van der Waals surface area contributed by atoms with E-state index in [4.69, 9.17) is 5.73 Å². The molecule has 0 spiro atoms. The summed E-state index contributed by atoms with van der Waals surface area (Å²) in [5.41, 5.74) is 8.20. The van der Waals surface area contributed by atoms with Crippen molar-refractivity contribution in [2.45, 2.75) is 13.3 Å². The van der Waals surface area contributed by atoms with Crippen molar-refractivity contribution >= 4 is 16.8 Å². The number of hydrogen-bond acceptors (Lipinski definition) is 3. The number of carbonyl (C=O) groups is 1. The second kappa shape index (κ2) is 5.60. The first kappa shape index (κ1) is 12.5. The largest absolute Gasteiger partial charge is 0.354 e. The Balaban J connectivity index is 2.19. The van der Waals surface area contributed by atoms with Crippen molar-refractivity contribution in [3.05, 3.63) is 41.6 Å². The zero-order valence-corrected chi connectivity index (χ0v) is 10.4. The topological polar surface area (TPSA) is 68.0 Å². The third-order valence-corrected chi connectivity index (χ3v) is 2.79. The van der Waals surface area contributed by atoms with Crippen LogP contribution in [-0.2, 0) is 11.2 Å². The number of fused-ring (bicyclic) bond motifs is 1. The van der Waals surface area contributed by atoms with Crippen LogP contribution < -0.4 is 11.1 Å². The van der Waals surface area contributed by atoms with Gasteiger partial charge < -0.3 is 11.1 Å². The molecule has 0 saturated heterocycles. The minimum Gasteiger partial charge on any atom is -0.354 e. The van der Waals surface area contributed by atoms with Gasteiger partial charge in [-0.3, -0.25) is 9.78 Å². The summed E-state index contributed by atoms with van der Waals surface area (Å²) in [5, 5.41) is 3.84. The standard InChI is InChI=1S/C14H17N3O/c1-10-3-2-4-11-5-6-12(17-14(10)11)9-13(18)16-8-7-15/h2-6H,7-9,15H2,1H3,(H,16,18). The van der Waals surface area contributed by atoms with Gasteiger partial charge in [0, 0.05) is 18.5 Å². The maximum Gasteiger partial charge on any atom is 0.226 e. The molecule has 1 aromatic carbocycles. The molecule has 0 aliphatic carbocycles. The van der Waals surface area contributed by atoms with Gasteiger partial charge in [-0.15, -0.1) is 0 Å². The summed E-state index contributed by atoms with van der Waals surface area (Å²) < 4.78 is 0. The van der Waals surface area contributed by atoms with Gasteiger partial charge in [0.1, 0.15) is 0 Å². The Kier molecular flexibility index (Phi) is 3.89. The number of nitrogens with zero attached hydrogens (tertiary/aromatic N) is 1. The van der Waals surface area contributed by atoms with Gasteiger partial charge in [-0.25, -0.2) is 0 Å². The Labute approximate surface area is 106 Å². The zero-order valence-electron chi connectivity index (χ0n) is 10.4. The molecule has 4 heteroatoms. The van der Waals surface area contributed by atoms with E-state index in [2.05, 4.69) is 10.3 Å². The maximum absolute atomic E-state index is 11.6. The molecule has 3 N–H and O–H groups in total.